The first-order chi connectivity index (χ1) is 6.97. The molecule has 0 atom stereocenters. The molecule has 0 heterocycles. The molecule has 0 saturated carbocycles. The fourth-order valence-electron chi connectivity index (χ4n) is 1.25. The summed E-state index contributed by atoms with van der Waals surface area (Å²) in [5.41, 5.74) is 0. The molecule has 0 aliphatic carbocycles. The van der Waals surface area contributed by atoms with Crippen molar-refractivity contribution in [3.63, 3.8) is 0 Å². The molecule has 4 nitrogen and oxygen atoms in total. The van der Waals surface area contributed by atoms with E-state index in [1.54, 1.807) is 0 Å². The van der Waals surface area contributed by atoms with Crippen molar-refractivity contribution in [1.82, 2.24) is 10.2 Å². The Hall–Kier alpha value is -1.08. The molecule has 0 bridgehead atoms. The summed E-state index contributed by atoms with van der Waals surface area (Å²) >= 11 is 0. The van der Waals surface area contributed by atoms with E-state index in [9.17, 15) is 4.79 Å². The van der Waals surface area contributed by atoms with E-state index in [1.165, 1.54) is 0 Å². The van der Waals surface area contributed by atoms with E-state index in [4.69, 9.17) is 5.26 Å². The largest absolute Gasteiger partial charge is 0.354 e. The van der Waals surface area contributed by atoms with E-state index in [0.717, 1.165) is 0 Å². The van der Waals surface area contributed by atoms with E-state index in [-0.39, 0.29) is 11.9 Å². The summed E-state index contributed by atoms with van der Waals surface area (Å²) in [5.74, 6) is 0.0496. The Morgan fingerprint density at radius 2 is 2.00 bits per heavy atom. The number of amides is 1. The maximum atomic E-state index is 11.4. The number of hydrogen-bond acceptors (Lipinski definition) is 3. The quantitative estimate of drug-likeness (QED) is 0.670. The summed E-state index contributed by atoms with van der Waals surface area (Å²) in [6.07, 6.45) is 0.456. The van der Waals surface area contributed by atoms with Crippen LogP contribution in [0.4, 0.5) is 0 Å². The van der Waals surface area contributed by atoms with E-state index < -0.39 is 0 Å². The van der Waals surface area contributed by atoms with E-state index in [0.29, 0.717) is 25.6 Å². The molecule has 4 heteroatoms. The third-order valence-corrected chi connectivity index (χ3v) is 2.08. The number of carbonyl (C=O) groups excluding carboxylic acids is 1. The van der Waals surface area contributed by atoms with Gasteiger partial charge in [0.2, 0.25) is 5.91 Å². The minimum atomic E-state index is 0.0496. The monoisotopic (exact) mass is 211 g/mol. The van der Waals surface area contributed by atoms with Crippen molar-refractivity contribution in [2.45, 2.75) is 46.2 Å². The van der Waals surface area contributed by atoms with Gasteiger partial charge in [-0.2, -0.15) is 5.26 Å². The Labute approximate surface area is 92.3 Å². The molecule has 0 radical (unpaired) electrons. The summed E-state index contributed by atoms with van der Waals surface area (Å²) in [7, 11) is 0. The zero-order valence-electron chi connectivity index (χ0n) is 10.1. The second-order valence-electron chi connectivity index (χ2n) is 4.19. The number of carbonyl (C=O) groups is 1. The summed E-state index contributed by atoms with van der Waals surface area (Å²) in [6.45, 7) is 8.95. The Morgan fingerprint density at radius 1 is 1.40 bits per heavy atom. The van der Waals surface area contributed by atoms with Crippen molar-refractivity contribution in [3.8, 4) is 6.07 Å². The lowest BCUT2D eigenvalue weighted by molar-refractivity contribution is -0.121. The molecule has 0 aromatic carbocycles. The van der Waals surface area contributed by atoms with Crippen LogP contribution in [0.25, 0.3) is 0 Å². The third kappa shape index (κ3) is 6.92. The Balaban J connectivity index is 3.90. The fraction of sp³-hybridized carbons (Fsp3) is 0.818. The zero-order valence-corrected chi connectivity index (χ0v) is 10.1. The van der Waals surface area contributed by atoms with Crippen LogP contribution in [0.1, 0.15) is 34.1 Å². The minimum Gasteiger partial charge on any atom is -0.354 e. The smallest absolute Gasteiger partial charge is 0.221 e. The molecule has 0 saturated heterocycles. The van der Waals surface area contributed by atoms with E-state index in [2.05, 4.69) is 11.4 Å². The highest BCUT2D eigenvalue weighted by Gasteiger charge is 2.11. The highest BCUT2D eigenvalue weighted by molar-refractivity contribution is 5.76. The van der Waals surface area contributed by atoms with Crippen molar-refractivity contribution in [1.29, 1.82) is 5.26 Å². The van der Waals surface area contributed by atoms with Gasteiger partial charge < -0.3 is 5.32 Å². The highest BCUT2D eigenvalue weighted by atomic mass is 16.1. The highest BCUT2D eigenvalue weighted by Crippen LogP contribution is 1.98. The lowest BCUT2D eigenvalue weighted by Gasteiger charge is -2.23. The van der Waals surface area contributed by atoms with Crippen LogP contribution < -0.4 is 5.32 Å². The number of nitrogens with zero attached hydrogens (tertiary/aromatic N) is 2. The summed E-state index contributed by atoms with van der Waals surface area (Å²) in [4.78, 5) is 13.4. The van der Waals surface area contributed by atoms with Gasteiger partial charge in [-0.3, -0.25) is 9.69 Å². The van der Waals surface area contributed by atoms with Gasteiger partial charge in [0.25, 0.3) is 0 Å². The van der Waals surface area contributed by atoms with E-state index in [1.807, 2.05) is 32.6 Å². The van der Waals surface area contributed by atoms with Crippen molar-refractivity contribution >= 4 is 5.91 Å². The second kappa shape index (κ2) is 7.24. The summed E-state index contributed by atoms with van der Waals surface area (Å²) < 4.78 is 0. The molecule has 0 aromatic rings. The summed E-state index contributed by atoms with van der Waals surface area (Å²) in [6, 6.07) is 2.59. The molecule has 15 heavy (non-hydrogen) atoms. The lowest BCUT2D eigenvalue weighted by atomic mass is 10.2. The van der Waals surface area contributed by atoms with Crippen molar-refractivity contribution < 1.29 is 4.79 Å². The predicted octanol–water partition coefficient (Wildman–Crippen LogP) is 1.14. The van der Waals surface area contributed by atoms with Crippen LogP contribution in [0.2, 0.25) is 0 Å². The number of nitrogens with one attached hydrogen (secondary N) is 1. The number of nitriles is 1. The maximum Gasteiger partial charge on any atom is 0.221 e. The topological polar surface area (TPSA) is 56.1 Å². The van der Waals surface area contributed by atoms with Crippen LogP contribution in [0.3, 0.4) is 0 Å². The fourth-order valence-corrected chi connectivity index (χ4v) is 1.25. The third-order valence-electron chi connectivity index (χ3n) is 2.08. The molecule has 1 amide bonds. The molecule has 0 aliphatic rings. The second-order valence-corrected chi connectivity index (χ2v) is 4.19. The molecule has 1 N–H and O–H groups in total. The van der Waals surface area contributed by atoms with Crippen LogP contribution in [0.5, 0.6) is 0 Å². The van der Waals surface area contributed by atoms with Gasteiger partial charge in [-0.05, 0) is 27.7 Å². The van der Waals surface area contributed by atoms with Gasteiger partial charge in [0.05, 0.1) is 12.6 Å². The average Bonchev–Trinajstić information content (AvgIpc) is 2.10. The predicted molar refractivity (Wildman–Crippen MR) is 60.2 cm³/mol. The standard InChI is InChI=1S/C11H21N3O/c1-9(2)13-11(15)5-7-14(8-6-12)10(3)4/h9-10H,5,7-8H2,1-4H3,(H,13,15). The minimum absolute atomic E-state index is 0.0496. The van der Waals surface area contributed by atoms with Gasteiger partial charge in [0.15, 0.2) is 0 Å². The Bertz CT molecular complexity index is 230. The zero-order chi connectivity index (χ0) is 11.8. The lowest BCUT2D eigenvalue weighted by Crippen LogP contribution is -2.37. The first kappa shape index (κ1) is 13.9. The molecule has 86 valence electrons. The molecule has 0 aliphatic heterocycles. The van der Waals surface area contributed by atoms with Crippen molar-refractivity contribution in [2.75, 3.05) is 13.1 Å². The summed E-state index contributed by atoms with van der Waals surface area (Å²) in [5, 5.41) is 11.4. The number of hydrogen-bond donors (Lipinski definition) is 1. The number of rotatable bonds is 6. The van der Waals surface area contributed by atoms with Crippen LogP contribution in [-0.2, 0) is 4.79 Å². The molecule has 0 spiro atoms. The van der Waals surface area contributed by atoms with Crippen LogP contribution in [0.15, 0.2) is 0 Å². The molecule has 0 unspecified atom stereocenters. The first-order valence-corrected chi connectivity index (χ1v) is 5.37. The van der Waals surface area contributed by atoms with Crippen molar-refractivity contribution in [2.24, 2.45) is 0 Å². The van der Waals surface area contributed by atoms with Crippen LogP contribution in [0, 0.1) is 11.3 Å². The first-order valence-electron chi connectivity index (χ1n) is 5.37. The molecule has 0 fully saturated rings. The molecule has 0 rings (SSSR count). The molecule has 0 aromatic heterocycles. The average molecular weight is 211 g/mol. The van der Waals surface area contributed by atoms with Gasteiger partial charge in [-0.25, -0.2) is 0 Å². The van der Waals surface area contributed by atoms with E-state index >= 15 is 0 Å². The van der Waals surface area contributed by atoms with Gasteiger partial charge in [0, 0.05) is 25.0 Å². The van der Waals surface area contributed by atoms with Gasteiger partial charge in [-0.15, -0.1) is 0 Å². The van der Waals surface area contributed by atoms with Gasteiger partial charge in [0.1, 0.15) is 0 Å². The van der Waals surface area contributed by atoms with Crippen LogP contribution >= 0.6 is 0 Å². The van der Waals surface area contributed by atoms with Crippen molar-refractivity contribution in [3.05, 3.63) is 0 Å². The SMILES string of the molecule is CC(C)NC(=O)CCN(CC#N)C(C)C. The Morgan fingerprint density at radius 3 is 2.40 bits per heavy atom. The Kier molecular flexibility index (Phi) is 6.72. The van der Waals surface area contributed by atoms with Crippen LogP contribution in [-0.4, -0.2) is 36.0 Å². The molecular formula is C11H21N3O. The van der Waals surface area contributed by atoms with Gasteiger partial charge >= 0.3 is 0 Å². The normalized spacial score (nSPS) is 10.8. The maximum absolute atomic E-state index is 11.4. The van der Waals surface area contributed by atoms with Gasteiger partial charge in [-0.1, -0.05) is 0 Å². The molecular weight excluding hydrogens is 190 g/mol.